The van der Waals surface area contributed by atoms with Crippen LogP contribution in [-0.2, 0) is 6.42 Å². The van der Waals surface area contributed by atoms with Gasteiger partial charge in [0, 0.05) is 12.0 Å². The van der Waals surface area contributed by atoms with Crippen molar-refractivity contribution in [3.63, 3.8) is 0 Å². The first-order valence-corrected chi connectivity index (χ1v) is 10.2. The van der Waals surface area contributed by atoms with Gasteiger partial charge in [0.25, 0.3) is 11.4 Å². The number of hydrogen-bond acceptors (Lipinski definition) is 7. The number of ether oxygens (including phenoxy) is 1. The minimum absolute atomic E-state index is 0. The van der Waals surface area contributed by atoms with Gasteiger partial charge >= 0.3 is 0 Å². The Balaban J connectivity index is 0.00000259. The number of piperidine rings is 1. The average molecular weight is 479 g/mol. The zero-order valence-electron chi connectivity index (χ0n) is 17.6. The molecule has 0 radical (unpaired) electrons. The van der Waals surface area contributed by atoms with Crippen molar-refractivity contribution in [1.29, 1.82) is 0 Å². The predicted molar refractivity (Wildman–Crippen MR) is 117 cm³/mol. The van der Waals surface area contributed by atoms with Crippen LogP contribution >= 0.6 is 12.4 Å². The topological polar surface area (TPSA) is 110 Å². The van der Waals surface area contributed by atoms with E-state index in [4.69, 9.17) is 9.15 Å². The number of aromatic amines is 1. The van der Waals surface area contributed by atoms with Crippen molar-refractivity contribution >= 4 is 18.1 Å². The lowest BCUT2D eigenvalue weighted by molar-refractivity contribution is 0.359. The fraction of sp³-hybridized carbons (Fsp3) is 0.333. The van der Waals surface area contributed by atoms with E-state index in [1.165, 1.54) is 7.11 Å². The Morgan fingerprint density at radius 1 is 1.18 bits per heavy atom. The molecule has 12 heteroatoms. The van der Waals surface area contributed by atoms with Crippen LogP contribution < -0.4 is 15.6 Å². The molecule has 4 aromatic rings. The number of hydrogen-bond donors (Lipinski definition) is 2. The van der Waals surface area contributed by atoms with Crippen molar-refractivity contribution in [3.8, 4) is 17.2 Å². The van der Waals surface area contributed by atoms with Crippen LogP contribution in [0.5, 0.6) is 5.75 Å². The fourth-order valence-corrected chi connectivity index (χ4v) is 4.10. The van der Waals surface area contributed by atoms with Gasteiger partial charge in [-0.05, 0) is 43.6 Å². The molecular weight excluding hydrogens is 458 g/mol. The Kier molecular flexibility index (Phi) is 6.43. The molecule has 1 aliphatic heterocycles. The first-order valence-electron chi connectivity index (χ1n) is 10.2. The van der Waals surface area contributed by atoms with Crippen molar-refractivity contribution in [1.82, 2.24) is 30.1 Å². The molecule has 5 rings (SSSR count). The third kappa shape index (κ3) is 4.33. The summed E-state index contributed by atoms with van der Waals surface area (Å²) in [5.41, 5.74) is 1.85. The van der Waals surface area contributed by atoms with E-state index >= 15 is 0 Å². The normalized spacial score (nSPS) is 14.4. The van der Waals surface area contributed by atoms with E-state index in [9.17, 15) is 13.6 Å². The summed E-state index contributed by atoms with van der Waals surface area (Å²) in [5, 5.41) is 15.8. The van der Waals surface area contributed by atoms with Gasteiger partial charge < -0.3 is 19.5 Å². The second-order valence-electron chi connectivity index (χ2n) is 7.67. The smallest absolute Gasteiger partial charge is 0.253 e. The molecule has 2 N–H and O–H groups in total. The van der Waals surface area contributed by atoms with E-state index < -0.39 is 17.4 Å². The predicted octanol–water partition coefficient (Wildman–Crippen LogP) is 2.84. The molecule has 0 amide bonds. The molecule has 33 heavy (non-hydrogen) atoms. The fourth-order valence-electron chi connectivity index (χ4n) is 4.10. The molecule has 174 valence electrons. The number of halogens is 3. The molecule has 1 aromatic carbocycles. The number of aromatic nitrogens is 5. The summed E-state index contributed by atoms with van der Waals surface area (Å²) in [6.45, 7) is 1.76. The van der Waals surface area contributed by atoms with Gasteiger partial charge in [-0.15, -0.1) is 22.6 Å². The van der Waals surface area contributed by atoms with E-state index in [1.54, 1.807) is 16.8 Å². The van der Waals surface area contributed by atoms with Gasteiger partial charge in [-0.2, -0.15) is 5.10 Å². The van der Waals surface area contributed by atoms with Crippen molar-refractivity contribution < 1.29 is 17.9 Å². The summed E-state index contributed by atoms with van der Waals surface area (Å²) < 4.78 is 40.0. The van der Waals surface area contributed by atoms with Crippen molar-refractivity contribution in [2.75, 3.05) is 20.2 Å². The number of nitrogens with zero attached hydrogens (tertiary/aromatic N) is 4. The average Bonchev–Trinajstić information content (AvgIpc) is 3.40. The lowest BCUT2D eigenvalue weighted by Gasteiger charge is -2.23. The van der Waals surface area contributed by atoms with Gasteiger partial charge in [0.2, 0.25) is 5.89 Å². The molecular formula is C21H21ClF2N6O3. The number of H-pyrrole nitrogens is 1. The number of benzene rings is 1. The molecule has 0 saturated carbocycles. The standard InChI is InChI=1S/C21H20F2N6O3.ClH/c1-31-19-14(22)6-11(7-15(19)23)8-18-27-28-21(32-18)13-10-25-29-16(9-17(30)26-20(13)29)12-2-4-24-5-3-12;/h6-7,9-10,12,24H,2-5,8H2,1H3,(H,26,30);1H. The highest BCUT2D eigenvalue weighted by Crippen LogP contribution is 2.29. The van der Waals surface area contributed by atoms with E-state index in [1.807, 2.05) is 0 Å². The molecule has 0 atom stereocenters. The van der Waals surface area contributed by atoms with E-state index in [-0.39, 0.29) is 42.1 Å². The van der Waals surface area contributed by atoms with Gasteiger partial charge in [-0.3, -0.25) is 4.79 Å². The largest absolute Gasteiger partial charge is 0.491 e. The molecule has 0 bridgehead atoms. The maximum absolute atomic E-state index is 14.0. The summed E-state index contributed by atoms with van der Waals surface area (Å²) in [4.78, 5) is 15.1. The van der Waals surface area contributed by atoms with Gasteiger partial charge in [0.15, 0.2) is 17.4 Å². The van der Waals surface area contributed by atoms with E-state index in [0.29, 0.717) is 16.8 Å². The highest BCUT2D eigenvalue weighted by atomic mass is 35.5. The summed E-state index contributed by atoms with van der Waals surface area (Å²) in [6, 6.07) is 3.89. The Bertz CT molecular complexity index is 1320. The summed E-state index contributed by atoms with van der Waals surface area (Å²) >= 11 is 0. The minimum atomic E-state index is -0.812. The lowest BCUT2D eigenvalue weighted by Crippen LogP contribution is -2.28. The highest BCUT2D eigenvalue weighted by molar-refractivity contribution is 5.85. The Morgan fingerprint density at radius 2 is 1.91 bits per heavy atom. The van der Waals surface area contributed by atoms with Gasteiger partial charge in [0.05, 0.1) is 25.4 Å². The van der Waals surface area contributed by atoms with Crippen LogP contribution in [0, 0.1) is 11.6 Å². The van der Waals surface area contributed by atoms with Crippen LogP contribution in [0.1, 0.15) is 35.9 Å². The molecule has 3 aromatic heterocycles. The number of methoxy groups -OCH3 is 1. The number of nitrogens with one attached hydrogen (secondary N) is 2. The second kappa shape index (κ2) is 9.28. The summed E-state index contributed by atoms with van der Waals surface area (Å²) in [6.07, 6.45) is 3.40. The lowest BCUT2D eigenvalue weighted by atomic mass is 9.94. The molecule has 0 spiro atoms. The van der Waals surface area contributed by atoms with Crippen LogP contribution in [0.15, 0.2) is 33.6 Å². The van der Waals surface area contributed by atoms with Crippen LogP contribution in [0.25, 0.3) is 17.1 Å². The molecule has 1 saturated heterocycles. The van der Waals surface area contributed by atoms with Crippen LogP contribution in [0.2, 0.25) is 0 Å². The second-order valence-corrected chi connectivity index (χ2v) is 7.67. The maximum atomic E-state index is 14.0. The maximum Gasteiger partial charge on any atom is 0.253 e. The van der Waals surface area contributed by atoms with Crippen molar-refractivity contribution in [2.24, 2.45) is 0 Å². The Morgan fingerprint density at radius 3 is 2.61 bits per heavy atom. The third-order valence-corrected chi connectivity index (χ3v) is 5.61. The van der Waals surface area contributed by atoms with E-state index in [0.717, 1.165) is 43.8 Å². The minimum Gasteiger partial charge on any atom is -0.491 e. The summed E-state index contributed by atoms with van der Waals surface area (Å²) in [5.74, 6) is -1.53. The van der Waals surface area contributed by atoms with Crippen LogP contribution in [0.4, 0.5) is 8.78 Å². The first-order chi connectivity index (χ1) is 15.5. The zero-order chi connectivity index (χ0) is 22.2. The van der Waals surface area contributed by atoms with Crippen molar-refractivity contribution in [2.45, 2.75) is 25.2 Å². The Hall–Kier alpha value is -3.31. The molecule has 0 unspecified atom stereocenters. The number of fused-ring (bicyclic) bond motifs is 1. The van der Waals surface area contributed by atoms with E-state index in [2.05, 4.69) is 25.6 Å². The van der Waals surface area contributed by atoms with Gasteiger partial charge in [0.1, 0.15) is 11.2 Å². The first kappa shape index (κ1) is 22.9. The Labute approximate surface area is 192 Å². The SMILES string of the molecule is COc1c(F)cc(Cc2nnc(-c3cnn4c(C5CCNCC5)cc(=O)[nH]c34)o2)cc1F.Cl. The number of rotatable bonds is 5. The van der Waals surface area contributed by atoms with Gasteiger partial charge in [-0.25, -0.2) is 13.3 Å². The van der Waals surface area contributed by atoms with Crippen molar-refractivity contribution in [3.05, 3.63) is 63.5 Å². The van der Waals surface area contributed by atoms with Crippen LogP contribution in [0.3, 0.4) is 0 Å². The molecule has 0 aliphatic carbocycles. The quantitative estimate of drug-likeness (QED) is 0.454. The summed E-state index contributed by atoms with van der Waals surface area (Å²) in [7, 11) is 1.20. The molecule has 4 heterocycles. The highest BCUT2D eigenvalue weighted by Gasteiger charge is 2.22. The third-order valence-electron chi connectivity index (χ3n) is 5.61. The monoisotopic (exact) mass is 478 g/mol. The molecule has 1 aliphatic rings. The van der Waals surface area contributed by atoms with Crippen LogP contribution in [-0.4, -0.2) is 45.0 Å². The van der Waals surface area contributed by atoms with Gasteiger partial charge in [-0.1, -0.05) is 0 Å². The molecule has 9 nitrogen and oxygen atoms in total. The molecule has 1 fully saturated rings. The zero-order valence-corrected chi connectivity index (χ0v) is 18.4.